The number of pyridine rings is 1. The average Bonchev–Trinajstić information content (AvgIpc) is 2.56. The van der Waals surface area contributed by atoms with E-state index < -0.39 is 0 Å². The number of nitrogen functional groups attached to an aromatic ring is 1. The molecule has 0 saturated heterocycles. The van der Waals surface area contributed by atoms with Crippen LogP contribution >= 0.6 is 23.2 Å². The maximum absolute atomic E-state index is 13.4. The van der Waals surface area contributed by atoms with E-state index in [2.05, 4.69) is 4.98 Å². The van der Waals surface area contributed by atoms with E-state index in [-0.39, 0.29) is 18.2 Å². The molecule has 24 heavy (non-hydrogen) atoms. The van der Waals surface area contributed by atoms with Crippen LogP contribution in [0.25, 0.3) is 11.1 Å². The maximum atomic E-state index is 13.4. The molecule has 0 aliphatic heterocycles. The quantitative estimate of drug-likeness (QED) is 0.679. The van der Waals surface area contributed by atoms with Crippen LogP contribution in [0.3, 0.4) is 0 Å². The third-order valence-corrected chi connectivity index (χ3v) is 4.18. The summed E-state index contributed by atoms with van der Waals surface area (Å²) in [6.45, 7) is 0.150. The molecule has 122 valence electrons. The first-order chi connectivity index (χ1) is 11.5. The van der Waals surface area contributed by atoms with Crippen LogP contribution < -0.4 is 10.5 Å². The number of ether oxygens (including phenoxy) is 1. The van der Waals surface area contributed by atoms with Gasteiger partial charge in [-0.05, 0) is 35.9 Å². The van der Waals surface area contributed by atoms with Crippen molar-refractivity contribution in [3.05, 3.63) is 76.2 Å². The summed E-state index contributed by atoms with van der Waals surface area (Å²) >= 11 is 12.3. The van der Waals surface area contributed by atoms with Crippen molar-refractivity contribution in [3.8, 4) is 16.9 Å². The Morgan fingerprint density at radius 1 is 1.00 bits per heavy atom. The number of halogens is 3. The molecule has 2 aromatic carbocycles. The Kier molecular flexibility index (Phi) is 4.88. The van der Waals surface area contributed by atoms with Gasteiger partial charge in [0.25, 0.3) is 0 Å². The second kappa shape index (κ2) is 7.07. The molecule has 1 heterocycles. The summed E-state index contributed by atoms with van der Waals surface area (Å²) in [6.07, 6.45) is 1.57. The molecule has 0 fully saturated rings. The van der Waals surface area contributed by atoms with E-state index in [1.807, 2.05) is 0 Å². The molecule has 0 spiro atoms. The van der Waals surface area contributed by atoms with Gasteiger partial charge in [0.15, 0.2) is 11.6 Å². The molecular formula is C18H13Cl2FN2O. The van der Waals surface area contributed by atoms with Gasteiger partial charge in [0.05, 0.1) is 0 Å². The van der Waals surface area contributed by atoms with Gasteiger partial charge in [0.2, 0.25) is 0 Å². The highest BCUT2D eigenvalue weighted by atomic mass is 35.5. The fourth-order valence-corrected chi connectivity index (χ4v) is 2.72. The zero-order valence-electron chi connectivity index (χ0n) is 12.5. The van der Waals surface area contributed by atoms with Crippen LogP contribution in [0, 0.1) is 5.82 Å². The number of aromatic nitrogens is 1. The van der Waals surface area contributed by atoms with Crippen LogP contribution in [0.5, 0.6) is 5.75 Å². The van der Waals surface area contributed by atoms with Gasteiger partial charge in [-0.1, -0.05) is 41.4 Å². The fourth-order valence-electron chi connectivity index (χ4n) is 2.22. The van der Waals surface area contributed by atoms with Gasteiger partial charge in [-0.25, -0.2) is 9.37 Å². The van der Waals surface area contributed by atoms with Gasteiger partial charge >= 0.3 is 0 Å². The highest BCUT2D eigenvalue weighted by Crippen LogP contribution is 2.30. The Labute approximate surface area is 148 Å². The Bertz CT molecular complexity index is 866. The molecule has 3 aromatic rings. The van der Waals surface area contributed by atoms with E-state index >= 15 is 0 Å². The van der Waals surface area contributed by atoms with E-state index in [0.717, 1.165) is 0 Å². The highest BCUT2D eigenvalue weighted by molar-refractivity contribution is 6.35. The first kappa shape index (κ1) is 16.6. The number of hydrogen-bond donors (Lipinski definition) is 1. The minimum absolute atomic E-state index is 0.150. The lowest BCUT2D eigenvalue weighted by Gasteiger charge is -2.12. The van der Waals surface area contributed by atoms with E-state index in [1.165, 1.54) is 12.1 Å². The Morgan fingerprint density at radius 2 is 1.71 bits per heavy atom. The molecule has 0 radical (unpaired) electrons. The summed E-state index contributed by atoms with van der Waals surface area (Å²) in [6, 6.07) is 13.1. The van der Waals surface area contributed by atoms with Crippen molar-refractivity contribution in [3.63, 3.8) is 0 Å². The monoisotopic (exact) mass is 362 g/mol. The lowest BCUT2D eigenvalue weighted by Crippen LogP contribution is -2.02. The summed E-state index contributed by atoms with van der Waals surface area (Å²) in [5, 5.41) is 1.02. The summed E-state index contributed by atoms with van der Waals surface area (Å²) in [5.74, 6) is 0.292. The van der Waals surface area contributed by atoms with Crippen molar-refractivity contribution in [2.75, 3.05) is 5.73 Å². The maximum Gasteiger partial charge on any atom is 0.166 e. The van der Waals surface area contributed by atoms with Gasteiger partial charge in [-0.2, -0.15) is 0 Å². The fraction of sp³-hybridized carbons (Fsp3) is 0.0556. The highest BCUT2D eigenvalue weighted by Gasteiger charge is 2.10. The number of rotatable bonds is 4. The van der Waals surface area contributed by atoms with Gasteiger partial charge in [-0.15, -0.1) is 0 Å². The molecule has 2 N–H and O–H groups in total. The van der Waals surface area contributed by atoms with Gasteiger partial charge < -0.3 is 10.5 Å². The van der Waals surface area contributed by atoms with Gasteiger partial charge in [0, 0.05) is 27.4 Å². The van der Waals surface area contributed by atoms with Crippen LogP contribution in [0.2, 0.25) is 10.0 Å². The first-order valence-corrected chi connectivity index (χ1v) is 7.87. The molecule has 0 atom stereocenters. The van der Waals surface area contributed by atoms with E-state index in [0.29, 0.717) is 32.5 Å². The molecule has 0 aliphatic rings. The standard InChI is InChI=1S/C18H13Cl2FN2O/c19-15-5-2-6-16(20)14(15)10-24-17-8-12(9-23-18(17)22)11-3-1-4-13(21)7-11/h1-9H,10H2,(H2,22,23). The molecule has 0 bridgehead atoms. The van der Waals surface area contributed by atoms with Crippen molar-refractivity contribution in [2.45, 2.75) is 6.61 Å². The molecular weight excluding hydrogens is 350 g/mol. The van der Waals surface area contributed by atoms with Gasteiger partial charge in [0.1, 0.15) is 12.4 Å². The minimum Gasteiger partial charge on any atom is -0.485 e. The first-order valence-electron chi connectivity index (χ1n) is 7.12. The molecule has 0 aliphatic carbocycles. The predicted octanol–water partition coefficient (Wildman–Crippen LogP) is 5.36. The summed E-state index contributed by atoms with van der Waals surface area (Å²) in [4.78, 5) is 4.11. The number of anilines is 1. The van der Waals surface area contributed by atoms with Crippen molar-refractivity contribution in [2.24, 2.45) is 0 Å². The van der Waals surface area contributed by atoms with Crippen molar-refractivity contribution < 1.29 is 9.13 Å². The van der Waals surface area contributed by atoms with E-state index in [4.69, 9.17) is 33.7 Å². The second-order valence-corrected chi connectivity index (χ2v) is 5.92. The number of nitrogens with zero attached hydrogens (tertiary/aromatic N) is 1. The smallest absolute Gasteiger partial charge is 0.166 e. The van der Waals surface area contributed by atoms with Crippen LogP contribution in [-0.4, -0.2) is 4.98 Å². The van der Waals surface area contributed by atoms with Crippen molar-refractivity contribution in [1.82, 2.24) is 4.98 Å². The normalized spacial score (nSPS) is 10.6. The summed E-state index contributed by atoms with van der Waals surface area (Å²) < 4.78 is 19.1. The lowest BCUT2D eigenvalue weighted by molar-refractivity contribution is 0.307. The van der Waals surface area contributed by atoms with Crippen LogP contribution in [-0.2, 0) is 6.61 Å². The van der Waals surface area contributed by atoms with Crippen molar-refractivity contribution in [1.29, 1.82) is 0 Å². The molecule has 3 nitrogen and oxygen atoms in total. The molecule has 6 heteroatoms. The minimum atomic E-state index is -0.324. The van der Waals surface area contributed by atoms with Crippen LogP contribution in [0.1, 0.15) is 5.56 Å². The van der Waals surface area contributed by atoms with E-state index in [9.17, 15) is 4.39 Å². The van der Waals surface area contributed by atoms with E-state index in [1.54, 1.807) is 42.6 Å². The third-order valence-electron chi connectivity index (χ3n) is 3.47. The van der Waals surface area contributed by atoms with Crippen LogP contribution in [0.4, 0.5) is 10.2 Å². The Morgan fingerprint density at radius 3 is 2.42 bits per heavy atom. The topological polar surface area (TPSA) is 48.1 Å². The zero-order chi connectivity index (χ0) is 17.1. The third kappa shape index (κ3) is 3.61. The number of nitrogens with two attached hydrogens (primary N) is 1. The zero-order valence-corrected chi connectivity index (χ0v) is 14.0. The SMILES string of the molecule is Nc1ncc(-c2cccc(F)c2)cc1OCc1c(Cl)cccc1Cl. The molecule has 3 rings (SSSR count). The summed E-state index contributed by atoms with van der Waals surface area (Å²) in [7, 11) is 0. The van der Waals surface area contributed by atoms with Crippen LogP contribution in [0.15, 0.2) is 54.7 Å². The predicted molar refractivity (Wildman–Crippen MR) is 94.8 cm³/mol. The molecule has 1 aromatic heterocycles. The second-order valence-electron chi connectivity index (χ2n) is 5.11. The molecule has 0 unspecified atom stereocenters. The molecule has 0 saturated carbocycles. The Balaban J connectivity index is 1.87. The van der Waals surface area contributed by atoms with Crippen molar-refractivity contribution >= 4 is 29.0 Å². The average molecular weight is 363 g/mol. The summed E-state index contributed by atoms with van der Waals surface area (Å²) in [5.41, 5.74) is 7.91. The molecule has 0 amide bonds. The number of benzene rings is 2. The largest absolute Gasteiger partial charge is 0.485 e. The Hall–Kier alpha value is -2.30. The lowest BCUT2D eigenvalue weighted by atomic mass is 10.1. The van der Waals surface area contributed by atoms with Gasteiger partial charge in [-0.3, -0.25) is 0 Å². The number of hydrogen-bond acceptors (Lipinski definition) is 3.